The Hall–Kier alpha value is -3.06. The minimum absolute atomic E-state index is 0. The van der Waals surface area contributed by atoms with Crippen LogP contribution in [-0.4, -0.2) is 13.0 Å². The molecule has 0 bridgehead atoms. The number of nitrogens with zero attached hydrogens (tertiary/aromatic N) is 2. The molecule has 0 fully saturated rings. The van der Waals surface area contributed by atoms with E-state index in [-0.39, 0.29) is 56.2 Å². The van der Waals surface area contributed by atoms with Gasteiger partial charge in [0.15, 0.2) is 0 Å². The quantitative estimate of drug-likeness (QED) is 0.121. The third-order valence-corrected chi connectivity index (χ3v) is 5.91. The number of hydrogen-bond donors (Lipinski definition) is 3. The fourth-order valence-electron chi connectivity index (χ4n) is 3.14. The first-order valence-electron chi connectivity index (χ1n) is 9.55. The SMILES string of the molecule is O=c1c(=O)/c(=N/Nc2ccc(S(=O)(=O)O)c3ccccc23)cc/c1=N/Nc1cc(Cl)ccc1[O-].[Na+]. The second kappa shape index (κ2) is 10.7. The largest absolute Gasteiger partial charge is 1.00 e. The molecule has 0 spiro atoms. The number of fused-ring (bicyclic) bond motifs is 1. The first-order valence-corrected chi connectivity index (χ1v) is 11.4. The Balaban J connectivity index is 0.00000342. The van der Waals surface area contributed by atoms with Crippen LogP contribution in [0.1, 0.15) is 0 Å². The van der Waals surface area contributed by atoms with Gasteiger partial charge in [-0.1, -0.05) is 47.7 Å². The number of halogens is 1. The van der Waals surface area contributed by atoms with E-state index < -0.39 is 26.7 Å². The van der Waals surface area contributed by atoms with Gasteiger partial charge < -0.3 is 5.11 Å². The summed E-state index contributed by atoms with van der Waals surface area (Å²) in [6, 6.07) is 15.4. The summed E-state index contributed by atoms with van der Waals surface area (Å²) in [4.78, 5) is 24.6. The molecule has 0 amide bonds. The Bertz CT molecular complexity index is 1770. The van der Waals surface area contributed by atoms with Gasteiger partial charge in [-0.15, -0.1) is 0 Å². The summed E-state index contributed by atoms with van der Waals surface area (Å²) in [5.74, 6) is -0.397. The molecule has 10 nitrogen and oxygen atoms in total. The summed E-state index contributed by atoms with van der Waals surface area (Å²) < 4.78 is 32.7. The van der Waals surface area contributed by atoms with E-state index in [0.29, 0.717) is 16.1 Å². The molecule has 0 heterocycles. The van der Waals surface area contributed by atoms with Gasteiger partial charge in [-0.2, -0.15) is 18.6 Å². The molecule has 172 valence electrons. The zero-order chi connectivity index (χ0) is 24.5. The third-order valence-electron chi connectivity index (χ3n) is 4.77. The molecule has 0 aliphatic carbocycles. The Morgan fingerprint density at radius 1 is 0.800 bits per heavy atom. The van der Waals surface area contributed by atoms with Crippen LogP contribution in [0.5, 0.6) is 5.75 Å². The average Bonchev–Trinajstić information content (AvgIpc) is 2.80. The molecule has 0 aliphatic heterocycles. The molecular formula is C22H14ClN4NaO6S. The Morgan fingerprint density at radius 2 is 1.37 bits per heavy atom. The summed E-state index contributed by atoms with van der Waals surface area (Å²) >= 11 is 5.83. The fourth-order valence-corrected chi connectivity index (χ4v) is 4.01. The van der Waals surface area contributed by atoms with Crippen LogP contribution in [0.15, 0.2) is 91.4 Å². The Morgan fingerprint density at radius 3 is 1.97 bits per heavy atom. The molecule has 13 heteroatoms. The van der Waals surface area contributed by atoms with Crippen LogP contribution < -0.4 is 67.1 Å². The molecule has 0 saturated heterocycles. The molecule has 0 atom stereocenters. The number of rotatable bonds is 5. The van der Waals surface area contributed by atoms with E-state index in [4.69, 9.17) is 11.6 Å². The minimum atomic E-state index is -4.45. The van der Waals surface area contributed by atoms with E-state index in [1.54, 1.807) is 18.2 Å². The summed E-state index contributed by atoms with van der Waals surface area (Å²) in [7, 11) is -4.45. The second-order valence-corrected chi connectivity index (χ2v) is 8.81. The molecule has 0 unspecified atom stereocenters. The third kappa shape index (κ3) is 5.78. The van der Waals surface area contributed by atoms with Gasteiger partial charge >= 0.3 is 29.6 Å². The minimum Gasteiger partial charge on any atom is -0.871 e. The van der Waals surface area contributed by atoms with Crippen LogP contribution in [0, 0.1) is 0 Å². The van der Waals surface area contributed by atoms with Crippen LogP contribution in [0.3, 0.4) is 0 Å². The second-order valence-electron chi connectivity index (χ2n) is 6.98. The van der Waals surface area contributed by atoms with Gasteiger partial charge in [-0.05, 0) is 36.4 Å². The van der Waals surface area contributed by atoms with E-state index in [2.05, 4.69) is 21.1 Å². The van der Waals surface area contributed by atoms with Crippen LogP contribution in [0.25, 0.3) is 10.8 Å². The molecule has 4 aromatic rings. The molecule has 4 aromatic carbocycles. The maximum atomic E-state index is 12.5. The van der Waals surface area contributed by atoms with Gasteiger partial charge in [0.1, 0.15) is 15.6 Å². The van der Waals surface area contributed by atoms with E-state index in [1.807, 2.05) is 0 Å². The number of anilines is 2. The van der Waals surface area contributed by atoms with Crippen molar-refractivity contribution in [2.24, 2.45) is 10.2 Å². The van der Waals surface area contributed by atoms with E-state index in [1.165, 1.54) is 48.5 Å². The van der Waals surface area contributed by atoms with Crippen LogP contribution in [-0.2, 0) is 10.1 Å². The standard InChI is InChI=1S/C22H15ClN4O6S.Na/c23-12-5-9-19(28)18(11-12)27-26-17-7-6-16(21(29)22(17)30)25-24-15-8-10-20(34(31,32)33)14-4-2-1-3-13(14)15;/h1-11,24,27-28H,(H,31,32,33);/q;+1/p-1/b25-16+,26-17-;. The van der Waals surface area contributed by atoms with Crippen LogP contribution in [0.4, 0.5) is 11.4 Å². The molecular weight excluding hydrogens is 507 g/mol. The van der Waals surface area contributed by atoms with Crippen molar-refractivity contribution in [1.82, 2.24) is 0 Å². The van der Waals surface area contributed by atoms with Crippen molar-refractivity contribution in [3.8, 4) is 5.75 Å². The number of benzene rings is 4. The fraction of sp³-hybridized carbons (Fsp3) is 0. The topological polar surface area (TPSA) is 160 Å². The molecule has 35 heavy (non-hydrogen) atoms. The molecule has 0 aliphatic rings. The summed E-state index contributed by atoms with van der Waals surface area (Å²) in [6.07, 6.45) is 0. The van der Waals surface area contributed by atoms with Crippen molar-refractivity contribution in [2.45, 2.75) is 4.90 Å². The number of nitrogens with one attached hydrogen (secondary N) is 2. The average molecular weight is 521 g/mol. The van der Waals surface area contributed by atoms with Crippen LogP contribution in [0.2, 0.25) is 5.02 Å². The summed E-state index contributed by atoms with van der Waals surface area (Å²) in [5.41, 5.74) is 3.56. The van der Waals surface area contributed by atoms with Crippen molar-refractivity contribution in [3.05, 3.63) is 103 Å². The zero-order valence-electron chi connectivity index (χ0n) is 18.0. The first kappa shape index (κ1) is 26.5. The van der Waals surface area contributed by atoms with Crippen molar-refractivity contribution < 1.29 is 47.6 Å². The Kier molecular flexibility index (Phi) is 8.11. The molecule has 3 N–H and O–H groups in total. The normalized spacial score (nSPS) is 12.4. The van der Waals surface area contributed by atoms with E-state index in [0.717, 1.165) is 0 Å². The molecule has 4 rings (SSSR count). The van der Waals surface area contributed by atoms with E-state index >= 15 is 0 Å². The van der Waals surface area contributed by atoms with Gasteiger partial charge in [0.05, 0.1) is 5.69 Å². The molecule has 0 saturated carbocycles. The van der Waals surface area contributed by atoms with Gasteiger partial charge in [-0.25, -0.2) is 0 Å². The van der Waals surface area contributed by atoms with E-state index in [9.17, 15) is 27.7 Å². The van der Waals surface area contributed by atoms with Crippen molar-refractivity contribution in [1.29, 1.82) is 0 Å². The zero-order valence-corrected chi connectivity index (χ0v) is 21.6. The molecule has 0 aromatic heterocycles. The first-order chi connectivity index (χ1) is 16.1. The molecule has 0 radical (unpaired) electrons. The maximum Gasteiger partial charge on any atom is 1.00 e. The predicted octanol–water partition coefficient (Wildman–Crippen LogP) is -1.73. The van der Waals surface area contributed by atoms with Crippen molar-refractivity contribution in [3.63, 3.8) is 0 Å². The van der Waals surface area contributed by atoms with Crippen molar-refractivity contribution in [2.75, 3.05) is 10.9 Å². The summed E-state index contributed by atoms with van der Waals surface area (Å²) in [6.45, 7) is 0. The monoisotopic (exact) mass is 520 g/mol. The Labute approximate surface area is 225 Å². The summed E-state index contributed by atoms with van der Waals surface area (Å²) in [5, 5.41) is 20.1. The smallest absolute Gasteiger partial charge is 0.871 e. The van der Waals surface area contributed by atoms with Gasteiger partial charge in [0, 0.05) is 21.5 Å². The predicted molar refractivity (Wildman–Crippen MR) is 124 cm³/mol. The van der Waals surface area contributed by atoms with Gasteiger partial charge in [0.25, 0.3) is 21.0 Å². The maximum absolute atomic E-state index is 12.5. The van der Waals surface area contributed by atoms with Crippen molar-refractivity contribution >= 4 is 43.9 Å². The van der Waals surface area contributed by atoms with Gasteiger partial charge in [0.2, 0.25) is 0 Å². The van der Waals surface area contributed by atoms with Crippen LogP contribution >= 0.6 is 11.6 Å². The number of hydrogen-bond acceptors (Lipinski definition) is 9. The van der Waals surface area contributed by atoms with Gasteiger partial charge in [-0.3, -0.25) is 25.0 Å².